The van der Waals surface area contributed by atoms with Gasteiger partial charge in [0.2, 0.25) is 0 Å². The molecule has 1 saturated carbocycles. The van der Waals surface area contributed by atoms with E-state index in [2.05, 4.69) is 19.9 Å². The van der Waals surface area contributed by atoms with E-state index in [0.29, 0.717) is 82.6 Å². The van der Waals surface area contributed by atoms with E-state index in [0.717, 1.165) is 10.6 Å². The lowest BCUT2D eigenvalue weighted by atomic mass is 9.76. The van der Waals surface area contributed by atoms with Gasteiger partial charge in [0.05, 0.1) is 18.1 Å². The zero-order chi connectivity index (χ0) is 26.5. The van der Waals surface area contributed by atoms with E-state index in [4.69, 9.17) is 9.47 Å². The number of aromatic nitrogens is 3. The smallest absolute Gasteiger partial charge is 0.422 e. The molecule has 1 fully saturated rings. The number of alkyl halides is 4. The number of thiazole rings is 1. The van der Waals surface area contributed by atoms with Gasteiger partial charge in [0.1, 0.15) is 18.1 Å². The summed E-state index contributed by atoms with van der Waals surface area (Å²) in [6, 6.07) is 0. The summed E-state index contributed by atoms with van der Waals surface area (Å²) in [5, 5.41) is 0.0597. The third-order valence-corrected chi connectivity index (χ3v) is 8.06. The largest absolute Gasteiger partial charge is 0.483 e. The molecule has 1 aliphatic heterocycles. The predicted octanol–water partition coefficient (Wildman–Crippen LogP) is 4.91. The maximum atomic E-state index is 15.5. The molecule has 2 aromatic rings. The van der Waals surface area contributed by atoms with Crippen LogP contribution in [0.3, 0.4) is 0 Å². The highest BCUT2D eigenvalue weighted by Gasteiger charge is 2.36. The second-order valence-electron chi connectivity index (χ2n) is 9.94. The minimum absolute atomic E-state index is 0.00505. The molecule has 0 atom stereocenters. The minimum atomic E-state index is -4.39. The maximum absolute atomic E-state index is 15.5. The summed E-state index contributed by atoms with van der Waals surface area (Å²) in [5.41, 5.74) is -0.452. The summed E-state index contributed by atoms with van der Waals surface area (Å²) in [7, 11) is 0. The van der Waals surface area contributed by atoms with Crippen molar-refractivity contribution < 1.29 is 31.8 Å². The summed E-state index contributed by atoms with van der Waals surface area (Å²) in [5.74, 6) is 1.25. The monoisotopic (exact) mass is 544 g/mol. The van der Waals surface area contributed by atoms with Crippen molar-refractivity contribution in [1.29, 1.82) is 0 Å². The molecule has 4 rings (SSSR count). The van der Waals surface area contributed by atoms with Crippen molar-refractivity contribution in [3.63, 3.8) is 0 Å². The van der Waals surface area contributed by atoms with Gasteiger partial charge in [0.15, 0.2) is 18.1 Å². The molecule has 0 amide bonds. The van der Waals surface area contributed by atoms with Crippen LogP contribution < -0.4 is 9.47 Å². The molecule has 3 heterocycles. The fourth-order valence-electron chi connectivity index (χ4n) is 4.82. The van der Waals surface area contributed by atoms with Gasteiger partial charge in [-0.2, -0.15) is 13.2 Å². The second kappa shape index (κ2) is 12.0. The molecule has 0 N–H and O–H groups in total. The Morgan fingerprint density at radius 3 is 2.57 bits per heavy atom. The number of rotatable bonds is 10. The number of Topliss-reactive ketones (excluding diaryl/α,β-unsaturated/α-hetero) is 1. The summed E-state index contributed by atoms with van der Waals surface area (Å²) in [4.78, 5) is 27.8. The molecule has 0 bridgehead atoms. The zero-order valence-corrected chi connectivity index (χ0v) is 21.7. The van der Waals surface area contributed by atoms with Gasteiger partial charge in [-0.3, -0.25) is 4.79 Å². The number of hydrogen-bond acceptors (Lipinski definition) is 8. The number of nitrogens with zero attached hydrogens (tertiary/aromatic N) is 4. The Hall–Kier alpha value is -2.34. The molecule has 0 unspecified atom stereocenters. The molecule has 1 aliphatic carbocycles. The average molecular weight is 545 g/mol. The Morgan fingerprint density at radius 1 is 1.16 bits per heavy atom. The van der Waals surface area contributed by atoms with Crippen LogP contribution in [0.5, 0.6) is 10.9 Å². The standard InChI is InChI=1S/C25H32F4N4O3S/c1-17-30-13-20(14-31-17)35-15-19(34)12-18-2-6-24(26,7-3-18)8-11-33-9-4-21-22(5-10-33)37-23(32-21)36-16-25(27,28)29/h13-14,18H,2-12,15-16H2,1H3. The first-order chi connectivity index (χ1) is 17.6. The van der Waals surface area contributed by atoms with Gasteiger partial charge >= 0.3 is 6.18 Å². The molecule has 0 spiro atoms. The number of aryl methyl sites for hydroxylation is 1. The van der Waals surface area contributed by atoms with Crippen LogP contribution in [-0.4, -0.2) is 70.3 Å². The number of hydrogen-bond donors (Lipinski definition) is 0. The molecule has 204 valence electrons. The van der Waals surface area contributed by atoms with E-state index >= 15 is 4.39 Å². The van der Waals surface area contributed by atoms with Gasteiger partial charge in [0, 0.05) is 37.4 Å². The van der Waals surface area contributed by atoms with E-state index in [9.17, 15) is 18.0 Å². The number of carbonyl (C=O) groups is 1. The van der Waals surface area contributed by atoms with Crippen LogP contribution in [0.15, 0.2) is 12.4 Å². The van der Waals surface area contributed by atoms with Crippen molar-refractivity contribution in [2.24, 2.45) is 5.92 Å². The highest BCUT2D eigenvalue weighted by atomic mass is 32.1. The minimum Gasteiger partial charge on any atom is -0.483 e. The lowest BCUT2D eigenvalue weighted by Gasteiger charge is -2.35. The zero-order valence-electron chi connectivity index (χ0n) is 20.9. The van der Waals surface area contributed by atoms with Crippen LogP contribution in [-0.2, 0) is 17.6 Å². The number of fused-ring (bicyclic) bond motifs is 1. The molecule has 0 saturated heterocycles. The van der Waals surface area contributed by atoms with Crippen LogP contribution >= 0.6 is 11.3 Å². The molecule has 37 heavy (non-hydrogen) atoms. The predicted molar refractivity (Wildman–Crippen MR) is 130 cm³/mol. The van der Waals surface area contributed by atoms with Crippen LogP contribution in [0.25, 0.3) is 0 Å². The van der Waals surface area contributed by atoms with Gasteiger partial charge in [-0.15, -0.1) is 0 Å². The van der Waals surface area contributed by atoms with E-state index in [1.165, 1.54) is 23.7 Å². The fourth-order valence-corrected chi connectivity index (χ4v) is 5.77. The molecular formula is C25H32F4N4O3S. The first kappa shape index (κ1) is 27.7. The van der Waals surface area contributed by atoms with Gasteiger partial charge in [-0.25, -0.2) is 19.3 Å². The number of ketones is 1. The first-order valence-corrected chi connectivity index (χ1v) is 13.4. The van der Waals surface area contributed by atoms with Crippen molar-refractivity contribution in [3.05, 3.63) is 28.8 Å². The fraction of sp³-hybridized carbons (Fsp3) is 0.680. The Labute approximate surface area is 217 Å². The lowest BCUT2D eigenvalue weighted by Crippen LogP contribution is -2.36. The molecule has 7 nitrogen and oxygen atoms in total. The Kier molecular flexibility index (Phi) is 8.99. The SMILES string of the molecule is Cc1ncc(OCC(=O)CC2CCC(F)(CCN3CCc4nc(OCC(F)(F)F)sc4CC3)CC2)cn1. The van der Waals surface area contributed by atoms with Crippen molar-refractivity contribution in [2.75, 3.05) is 32.8 Å². The topological polar surface area (TPSA) is 77.4 Å². The molecule has 0 aromatic carbocycles. The normalized spacial score (nSPS) is 22.8. The van der Waals surface area contributed by atoms with Gasteiger partial charge in [-0.05, 0) is 51.4 Å². The third kappa shape index (κ3) is 8.59. The van der Waals surface area contributed by atoms with E-state index in [1.54, 1.807) is 6.92 Å². The highest BCUT2D eigenvalue weighted by molar-refractivity contribution is 7.13. The van der Waals surface area contributed by atoms with Crippen molar-refractivity contribution in [2.45, 2.75) is 70.1 Å². The van der Waals surface area contributed by atoms with Crippen LogP contribution in [0.1, 0.15) is 54.9 Å². The van der Waals surface area contributed by atoms with Crippen molar-refractivity contribution in [3.8, 4) is 10.9 Å². The average Bonchev–Trinajstić information content (AvgIpc) is 3.15. The summed E-state index contributed by atoms with van der Waals surface area (Å²) < 4.78 is 62.9. The molecule has 2 aliphatic rings. The lowest BCUT2D eigenvalue weighted by molar-refractivity contribution is -0.153. The molecular weight excluding hydrogens is 512 g/mol. The Bertz CT molecular complexity index is 1010. The van der Waals surface area contributed by atoms with Crippen molar-refractivity contribution >= 4 is 17.1 Å². The highest BCUT2D eigenvalue weighted by Crippen LogP contribution is 2.39. The van der Waals surface area contributed by atoms with E-state index < -0.39 is 18.5 Å². The van der Waals surface area contributed by atoms with Crippen LogP contribution in [0, 0.1) is 12.8 Å². The van der Waals surface area contributed by atoms with Crippen molar-refractivity contribution in [1.82, 2.24) is 19.9 Å². The quantitative estimate of drug-likeness (QED) is 0.394. The number of ether oxygens (including phenoxy) is 2. The van der Waals surface area contributed by atoms with Gasteiger partial charge in [0.25, 0.3) is 5.19 Å². The second-order valence-corrected chi connectivity index (χ2v) is 11.0. The van der Waals surface area contributed by atoms with Gasteiger partial charge < -0.3 is 14.4 Å². The van der Waals surface area contributed by atoms with Crippen LogP contribution in [0.2, 0.25) is 0 Å². The number of halogens is 4. The first-order valence-electron chi connectivity index (χ1n) is 12.6. The summed E-state index contributed by atoms with van der Waals surface area (Å²) in [6.07, 6.45) is 3.05. The maximum Gasteiger partial charge on any atom is 0.422 e. The molecule has 2 aromatic heterocycles. The molecule has 12 heteroatoms. The third-order valence-electron chi connectivity index (χ3n) is 6.99. The Morgan fingerprint density at radius 2 is 1.86 bits per heavy atom. The van der Waals surface area contributed by atoms with Gasteiger partial charge in [-0.1, -0.05) is 11.3 Å². The van der Waals surface area contributed by atoms with E-state index in [1.807, 2.05) is 0 Å². The van der Waals surface area contributed by atoms with E-state index in [-0.39, 0.29) is 23.5 Å². The Balaban J connectivity index is 1.15. The molecule has 0 radical (unpaired) electrons. The van der Waals surface area contributed by atoms with Crippen LogP contribution in [0.4, 0.5) is 17.6 Å². The number of carbonyl (C=O) groups excluding carboxylic acids is 1. The summed E-state index contributed by atoms with van der Waals surface area (Å²) in [6.45, 7) is 2.43. The summed E-state index contributed by atoms with van der Waals surface area (Å²) >= 11 is 1.17.